The fourth-order valence-electron chi connectivity index (χ4n) is 10.0. The smallest absolute Gasteiger partial charge is 0.162 e. The van der Waals surface area contributed by atoms with Crippen molar-refractivity contribution in [1.29, 1.82) is 0 Å². The standard InChI is InChI=1S/C31H50O4/c1-20(10-9-15-26(2,3)34-8)21-13-16-29(7)22-14-17-31-23(11-12-24(32)27(31,4)5)30(22,25(33)35-31)19-18-28(21,29)6/h9,14-15,17,20-25,32-33H,10-13,16,18-19H2,1-8H3/b15-9+/t20-,21-,22+,23+,24+,25?,28-,29+,30+,31-/m1/s1. The molecule has 4 heteroatoms. The van der Waals surface area contributed by atoms with Crippen molar-refractivity contribution in [3.05, 3.63) is 24.3 Å². The summed E-state index contributed by atoms with van der Waals surface area (Å²) >= 11 is 0. The van der Waals surface area contributed by atoms with E-state index in [0.717, 1.165) is 32.1 Å². The van der Waals surface area contributed by atoms with E-state index in [-0.39, 0.29) is 27.8 Å². The highest BCUT2D eigenvalue weighted by Crippen LogP contribution is 2.78. The Balaban J connectivity index is 1.47. The molecule has 0 aromatic heterocycles. The van der Waals surface area contributed by atoms with Crippen LogP contribution >= 0.6 is 0 Å². The fraction of sp³-hybridized carbons (Fsp3) is 0.871. The van der Waals surface area contributed by atoms with Crippen LogP contribution in [0.3, 0.4) is 0 Å². The van der Waals surface area contributed by atoms with Crippen LogP contribution in [0.4, 0.5) is 0 Å². The Bertz CT molecular complexity index is 906. The Morgan fingerprint density at radius 1 is 1.06 bits per heavy atom. The molecule has 2 bridgehead atoms. The van der Waals surface area contributed by atoms with Crippen LogP contribution in [0, 0.1) is 45.3 Å². The molecule has 1 saturated heterocycles. The Hall–Kier alpha value is -0.680. The SMILES string of the molecule is COC(C)(C)/C=C/C[C@@H](C)[C@H]1CC[C@@]2(C)[C@@H]3C=C[C@@]45OC(O)[C@]3(CC[C@]12C)[C@@H]4CC[C@H](O)C5(C)C. The Labute approximate surface area is 213 Å². The van der Waals surface area contributed by atoms with Gasteiger partial charge in [-0.15, -0.1) is 0 Å². The lowest BCUT2D eigenvalue weighted by Crippen LogP contribution is -2.65. The predicted octanol–water partition coefficient (Wildman–Crippen LogP) is 6.27. The van der Waals surface area contributed by atoms with Gasteiger partial charge in [0.15, 0.2) is 6.29 Å². The molecule has 0 aromatic rings. The van der Waals surface area contributed by atoms with Gasteiger partial charge in [-0.05, 0) is 87.4 Å². The van der Waals surface area contributed by atoms with Gasteiger partial charge in [0.2, 0.25) is 0 Å². The van der Waals surface area contributed by atoms with Crippen molar-refractivity contribution in [2.75, 3.05) is 7.11 Å². The van der Waals surface area contributed by atoms with E-state index in [1.165, 1.54) is 12.8 Å². The van der Waals surface area contributed by atoms with Gasteiger partial charge >= 0.3 is 0 Å². The van der Waals surface area contributed by atoms with E-state index in [4.69, 9.17) is 9.47 Å². The number of hydrogen-bond donors (Lipinski definition) is 2. The summed E-state index contributed by atoms with van der Waals surface area (Å²) in [7, 11) is 1.77. The van der Waals surface area contributed by atoms with Crippen LogP contribution in [0.1, 0.15) is 93.4 Å². The molecule has 35 heavy (non-hydrogen) atoms. The number of methoxy groups -OCH3 is 1. The maximum atomic E-state index is 11.7. The molecule has 10 atom stereocenters. The highest BCUT2D eigenvalue weighted by molar-refractivity contribution is 5.34. The van der Waals surface area contributed by atoms with E-state index in [1.54, 1.807) is 7.11 Å². The normalized spacial score (nSPS) is 51.2. The molecule has 4 nitrogen and oxygen atoms in total. The molecular formula is C31H50O4. The molecule has 0 radical (unpaired) electrons. The molecule has 4 aliphatic carbocycles. The number of ether oxygens (including phenoxy) is 2. The highest BCUT2D eigenvalue weighted by atomic mass is 16.6. The van der Waals surface area contributed by atoms with E-state index in [0.29, 0.717) is 17.8 Å². The fourth-order valence-corrected chi connectivity index (χ4v) is 10.0. The Kier molecular flexibility index (Phi) is 5.87. The third-order valence-corrected chi connectivity index (χ3v) is 12.7. The first-order chi connectivity index (χ1) is 16.2. The minimum atomic E-state index is -0.755. The van der Waals surface area contributed by atoms with Crippen molar-refractivity contribution in [2.45, 2.75) is 117 Å². The summed E-state index contributed by atoms with van der Waals surface area (Å²) in [4.78, 5) is 0. The number of fused-ring (bicyclic) bond motifs is 2. The average Bonchev–Trinajstić information content (AvgIpc) is 3.15. The Morgan fingerprint density at radius 2 is 1.77 bits per heavy atom. The number of aliphatic hydroxyl groups is 2. The molecule has 5 rings (SSSR count). The molecule has 0 aromatic carbocycles. The monoisotopic (exact) mass is 486 g/mol. The molecule has 1 aliphatic heterocycles. The van der Waals surface area contributed by atoms with E-state index >= 15 is 0 Å². The summed E-state index contributed by atoms with van der Waals surface area (Å²) in [6.45, 7) is 16.0. The summed E-state index contributed by atoms with van der Waals surface area (Å²) in [5.74, 6) is 1.87. The number of rotatable bonds is 5. The second kappa shape index (κ2) is 7.91. The van der Waals surface area contributed by atoms with Crippen LogP contribution in [-0.4, -0.2) is 40.9 Å². The van der Waals surface area contributed by atoms with Crippen molar-refractivity contribution < 1.29 is 19.7 Å². The third kappa shape index (κ3) is 3.12. The van der Waals surface area contributed by atoms with E-state index in [2.05, 4.69) is 72.8 Å². The third-order valence-electron chi connectivity index (χ3n) is 12.7. The number of allylic oxidation sites excluding steroid dienone is 2. The minimum absolute atomic E-state index is 0.136. The van der Waals surface area contributed by atoms with Crippen LogP contribution in [0.15, 0.2) is 24.3 Å². The highest BCUT2D eigenvalue weighted by Gasteiger charge is 2.78. The summed E-state index contributed by atoms with van der Waals surface area (Å²) in [6.07, 6.45) is 15.6. The van der Waals surface area contributed by atoms with Crippen LogP contribution < -0.4 is 0 Å². The molecular weight excluding hydrogens is 436 g/mol. The average molecular weight is 487 g/mol. The molecule has 2 N–H and O–H groups in total. The van der Waals surface area contributed by atoms with Gasteiger partial charge in [0.25, 0.3) is 0 Å². The largest absolute Gasteiger partial charge is 0.392 e. The second-order valence-corrected chi connectivity index (χ2v) is 14.5. The van der Waals surface area contributed by atoms with Crippen LogP contribution in [-0.2, 0) is 9.47 Å². The number of hydrogen-bond acceptors (Lipinski definition) is 4. The molecule has 0 amide bonds. The van der Waals surface area contributed by atoms with Gasteiger partial charge in [-0.3, -0.25) is 0 Å². The second-order valence-electron chi connectivity index (χ2n) is 14.5. The van der Waals surface area contributed by atoms with Crippen LogP contribution in [0.5, 0.6) is 0 Å². The van der Waals surface area contributed by atoms with Gasteiger partial charge < -0.3 is 19.7 Å². The molecule has 5 aliphatic rings. The molecule has 4 fully saturated rings. The molecule has 3 saturated carbocycles. The topological polar surface area (TPSA) is 58.9 Å². The Morgan fingerprint density at radius 3 is 2.46 bits per heavy atom. The first-order valence-corrected chi connectivity index (χ1v) is 14.2. The molecule has 198 valence electrons. The zero-order valence-corrected chi connectivity index (χ0v) is 23.4. The van der Waals surface area contributed by atoms with Crippen LogP contribution in [0.2, 0.25) is 0 Å². The molecule has 1 unspecified atom stereocenters. The lowest BCUT2D eigenvalue weighted by molar-refractivity contribution is -0.213. The molecule has 1 heterocycles. The van der Waals surface area contributed by atoms with Crippen LogP contribution in [0.25, 0.3) is 0 Å². The van der Waals surface area contributed by atoms with Crippen molar-refractivity contribution in [3.8, 4) is 0 Å². The summed E-state index contributed by atoms with van der Waals surface area (Å²) in [5, 5.41) is 22.6. The zero-order chi connectivity index (χ0) is 25.7. The first kappa shape index (κ1) is 25.9. The van der Waals surface area contributed by atoms with E-state index in [1.807, 2.05) is 0 Å². The lowest BCUT2D eigenvalue weighted by atomic mass is 9.38. The van der Waals surface area contributed by atoms with E-state index < -0.39 is 23.4 Å². The summed E-state index contributed by atoms with van der Waals surface area (Å²) < 4.78 is 12.2. The summed E-state index contributed by atoms with van der Waals surface area (Å²) in [6, 6.07) is 0. The lowest BCUT2D eigenvalue weighted by Gasteiger charge is -2.65. The number of aliphatic hydroxyl groups excluding tert-OH is 2. The van der Waals surface area contributed by atoms with E-state index in [9.17, 15) is 10.2 Å². The maximum absolute atomic E-state index is 11.7. The zero-order valence-electron chi connectivity index (χ0n) is 23.4. The first-order valence-electron chi connectivity index (χ1n) is 14.2. The van der Waals surface area contributed by atoms with Crippen molar-refractivity contribution >= 4 is 0 Å². The van der Waals surface area contributed by atoms with Gasteiger partial charge in [-0.1, -0.05) is 58.9 Å². The quantitative estimate of drug-likeness (QED) is 0.450. The van der Waals surface area contributed by atoms with Crippen molar-refractivity contribution in [1.82, 2.24) is 0 Å². The van der Waals surface area contributed by atoms with Gasteiger partial charge in [0.05, 0.1) is 11.7 Å². The van der Waals surface area contributed by atoms with Gasteiger partial charge in [-0.2, -0.15) is 0 Å². The van der Waals surface area contributed by atoms with Crippen molar-refractivity contribution in [2.24, 2.45) is 45.3 Å². The van der Waals surface area contributed by atoms with Crippen molar-refractivity contribution in [3.63, 3.8) is 0 Å². The van der Waals surface area contributed by atoms with Gasteiger partial charge in [0, 0.05) is 23.9 Å². The minimum Gasteiger partial charge on any atom is -0.392 e. The maximum Gasteiger partial charge on any atom is 0.162 e. The predicted molar refractivity (Wildman–Crippen MR) is 140 cm³/mol. The van der Waals surface area contributed by atoms with Gasteiger partial charge in [-0.25, -0.2) is 0 Å². The summed E-state index contributed by atoms with van der Waals surface area (Å²) in [5.41, 5.74) is -1.04. The van der Waals surface area contributed by atoms with Gasteiger partial charge in [0.1, 0.15) is 5.60 Å². The molecule has 1 spiro atoms.